The average Bonchev–Trinajstić information content (AvgIpc) is 3.77. The molecular formula is C50H53N5O5. The number of benzene rings is 4. The van der Waals surface area contributed by atoms with E-state index in [0.717, 1.165) is 74.2 Å². The molecule has 1 saturated carbocycles. The molecule has 4 aliphatic heterocycles. The van der Waals surface area contributed by atoms with Gasteiger partial charge in [-0.3, -0.25) is 29.0 Å². The number of amides is 4. The second-order valence-electron chi connectivity index (χ2n) is 18.2. The molecule has 0 radical (unpaired) electrons. The number of nitrogens with zero attached hydrogens (tertiary/aromatic N) is 4. The van der Waals surface area contributed by atoms with Crippen LogP contribution in [0, 0.1) is 11.8 Å². The van der Waals surface area contributed by atoms with Gasteiger partial charge in [-0.1, -0.05) is 55.1 Å². The topological polar surface area (TPSA) is 114 Å². The molecule has 10 rings (SSSR count). The number of phenols is 1. The van der Waals surface area contributed by atoms with E-state index in [1.165, 1.54) is 27.9 Å². The lowest BCUT2D eigenvalue weighted by molar-refractivity contribution is -0.137. The summed E-state index contributed by atoms with van der Waals surface area (Å²) in [5.41, 5.74) is 9.53. The highest BCUT2D eigenvalue weighted by Gasteiger charge is 2.45. The van der Waals surface area contributed by atoms with Gasteiger partial charge in [0.25, 0.3) is 11.8 Å². The molecule has 6 aliphatic rings. The number of hydrogen-bond acceptors (Lipinski definition) is 7. The normalized spacial score (nSPS) is 25.4. The summed E-state index contributed by atoms with van der Waals surface area (Å²) >= 11 is 0. The first-order chi connectivity index (χ1) is 29.1. The van der Waals surface area contributed by atoms with Crippen LogP contribution in [0.1, 0.15) is 111 Å². The van der Waals surface area contributed by atoms with Gasteiger partial charge in [-0.2, -0.15) is 0 Å². The molecule has 2 N–H and O–H groups in total. The van der Waals surface area contributed by atoms with Crippen LogP contribution in [0.15, 0.2) is 97.2 Å². The number of phenolic OH excluding ortho intramolecular Hbond substituents is 1. The number of carbonyl (C=O) groups excluding carboxylic acids is 4. The molecule has 0 aromatic heterocycles. The zero-order valence-electron chi connectivity index (χ0n) is 34.3. The number of piperidine rings is 1. The minimum absolute atomic E-state index is 0.00353. The fourth-order valence-corrected chi connectivity index (χ4v) is 11.2. The molecule has 0 bridgehead atoms. The summed E-state index contributed by atoms with van der Waals surface area (Å²) in [6, 6.07) is 29.1. The summed E-state index contributed by atoms with van der Waals surface area (Å²) < 4.78 is 0. The third-order valence-corrected chi connectivity index (χ3v) is 14.6. The van der Waals surface area contributed by atoms with Gasteiger partial charge in [-0.15, -0.1) is 0 Å². The Hall–Kier alpha value is -5.74. The third kappa shape index (κ3) is 6.88. The molecule has 4 amide bonds. The van der Waals surface area contributed by atoms with Gasteiger partial charge in [-0.25, -0.2) is 0 Å². The number of aryl methyl sites for hydroxylation is 1. The number of fused-ring (bicyclic) bond motifs is 3. The van der Waals surface area contributed by atoms with Crippen molar-refractivity contribution in [3.63, 3.8) is 0 Å². The fourth-order valence-electron chi connectivity index (χ4n) is 11.2. The van der Waals surface area contributed by atoms with Crippen LogP contribution in [-0.2, 0) is 29.1 Å². The highest BCUT2D eigenvalue weighted by molar-refractivity contribution is 6.23. The van der Waals surface area contributed by atoms with Gasteiger partial charge in [0.1, 0.15) is 11.8 Å². The van der Waals surface area contributed by atoms with E-state index in [1.807, 2.05) is 17.0 Å². The monoisotopic (exact) mass is 803 g/mol. The zero-order chi connectivity index (χ0) is 41.2. The Balaban J connectivity index is 0.706. The second kappa shape index (κ2) is 15.4. The summed E-state index contributed by atoms with van der Waals surface area (Å²) in [5, 5.41) is 12.9. The number of anilines is 1. The average molecular weight is 804 g/mol. The lowest BCUT2D eigenvalue weighted by Crippen LogP contribution is -2.59. The molecule has 10 nitrogen and oxygen atoms in total. The first-order valence-corrected chi connectivity index (χ1v) is 21.8. The van der Waals surface area contributed by atoms with Gasteiger partial charge < -0.3 is 20.2 Å². The van der Waals surface area contributed by atoms with Crippen molar-refractivity contribution in [1.29, 1.82) is 0 Å². The Bertz CT molecular complexity index is 2340. The van der Waals surface area contributed by atoms with Gasteiger partial charge in [0, 0.05) is 63.0 Å². The molecule has 308 valence electrons. The maximum Gasteiger partial charge on any atom is 0.262 e. The van der Waals surface area contributed by atoms with E-state index in [0.29, 0.717) is 66.4 Å². The van der Waals surface area contributed by atoms with Crippen molar-refractivity contribution in [3.05, 3.63) is 142 Å². The SMILES string of the molecule is C=C1CCC(N2C(=O)c3cc4c(cc3C2=O)CN(C(=O)C2CCC(CN3CC(N(C)c5ccc([C@@H]6c7ccc(O)cc7CC[C@@H]6c6ccccc6)cc5)C3)CC2)C4)C(=O)N1. The summed E-state index contributed by atoms with van der Waals surface area (Å²) in [4.78, 5) is 61.2. The van der Waals surface area contributed by atoms with Crippen molar-refractivity contribution in [1.82, 2.24) is 20.0 Å². The molecule has 4 aromatic rings. The van der Waals surface area contributed by atoms with Crippen LogP contribution in [-0.4, -0.2) is 82.2 Å². The van der Waals surface area contributed by atoms with Crippen molar-refractivity contribution in [2.45, 2.75) is 88.4 Å². The van der Waals surface area contributed by atoms with Crippen LogP contribution in [0.25, 0.3) is 0 Å². The van der Waals surface area contributed by atoms with E-state index in [1.54, 1.807) is 12.1 Å². The van der Waals surface area contributed by atoms with Crippen molar-refractivity contribution in [2.75, 3.05) is 31.6 Å². The van der Waals surface area contributed by atoms with Gasteiger partial charge in [-0.05, 0) is 133 Å². The zero-order valence-corrected chi connectivity index (χ0v) is 34.3. The minimum Gasteiger partial charge on any atom is -0.508 e. The lowest BCUT2D eigenvalue weighted by Gasteiger charge is -2.47. The maximum atomic E-state index is 13.8. The fraction of sp³-hybridized carbons (Fsp3) is 0.400. The molecule has 0 spiro atoms. The first kappa shape index (κ1) is 38.5. The molecule has 10 heteroatoms. The van der Waals surface area contributed by atoms with E-state index in [-0.39, 0.29) is 23.7 Å². The second-order valence-corrected chi connectivity index (χ2v) is 18.2. The van der Waals surface area contributed by atoms with Crippen LogP contribution in [0.5, 0.6) is 5.75 Å². The molecule has 60 heavy (non-hydrogen) atoms. The summed E-state index contributed by atoms with van der Waals surface area (Å²) in [5.74, 6) is 0.453. The van der Waals surface area contributed by atoms with E-state index in [9.17, 15) is 24.3 Å². The van der Waals surface area contributed by atoms with E-state index in [4.69, 9.17) is 0 Å². The van der Waals surface area contributed by atoms with Crippen LogP contribution in [0.2, 0.25) is 0 Å². The molecule has 3 atom stereocenters. The third-order valence-electron chi connectivity index (χ3n) is 14.6. The molecule has 4 aromatic carbocycles. The summed E-state index contributed by atoms with van der Waals surface area (Å²) in [6.45, 7) is 7.82. The first-order valence-electron chi connectivity index (χ1n) is 21.8. The Morgan fingerprint density at radius 1 is 0.783 bits per heavy atom. The van der Waals surface area contributed by atoms with Gasteiger partial charge in [0.2, 0.25) is 11.8 Å². The summed E-state index contributed by atoms with van der Waals surface area (Å²) in [7, 11) is 2.21. The lowest BCUT2D eigenvalue weighted by atomic mass is 9.69. The van der Waals surface area contributed by atoms with Crippen LogP contribution in [0.3, 0.4) is 0 Å². The minimum atomic E-state index is -0.836. The number of likely N-dealkylation sites (tertiary alicyclic amines) is 1. The van der Waals surface area contributed by atoms with Crippen molar-refractivity contribution in [3.8, 4) is 5.75 Å². The standard InChI is InChI=1S/C50H53N5O5/c1-30-8-21-45(47(57)51-30)55-49(59)43-23-36-26-54(27-37(36)24-44(43)50(55)60)48(58)34-11-9-31(10-12-34)25-53-28-39(29-53)52(2)38-16-13-33(14-17-38)46-41(32-6-4-3-5-7-32)19-15-35-22-40(56)18-20-42(35)46/h3-7,13-14,16-18,20,22-24,31,34,39,41,45-46,56H,1,8-12,15,19,21,25-29H2,2H3,(H,51,57)/t31?,34?,41-,45?,46+/m1/s1. The number of allylic oxidation sites excluding steroid dienone is 1. The quantitative estimate of drug-likeness (QED) is 0.183. The van der Waals surface area contributed by atoms with Gasteiger partial charge in [0.15, 0.2) is 0 Å². The predicted molar refractivity (Wildman–Crippen MR) is 229 cm³/mol. The van der Waals surface area contributed by atoms with Crippen molar-refractivity contribution in [2.24, 2.45) is 11.8 Å². The number of hydrogen-bond donors (Lipinski definition) is 2. The van der Waals surface area contributed by atoms with Crippen LogP contribution < -0.4 is 10.2 Å². The van der Waals surface area contributed by atoms with E-state index < -0.39 is 17.9 Å². The molecule has 4 heterocycles. The Labute approximate surface area is 351 Å². The summed E-state index contributed by atoms with van der Waals surface area (Å²) in [6.07, 6.45) is 6.76. The number of imide groups is 1. The smallest absolute Gasteiger partial charge is 0.262 e. The molecule has 2 saturated heterocycles. The van der Waals surface area contributed by atoms with Gasteiger partial charge >= 0.3 is 0 Å². The number of aromatic hydroxyl groups is 1. The highest BCUT2D eigenvalue weighted by atomic mass is 16.3. The van der Waals surface area contributed by atoms with Crippen molar-refractivity contribution < 1.29 is 24.3 Å². The number of rotatable bonds is 8. The maximum absolute atomic E-state index is 13.8. The molecule has 1 unspecified atom stereocenters. The number of carbonyl (C=O) groups is 4. The van der Waals surface area contributed by atoms with Crippen molar-refractivity contribution >= 4 is 29.3 Å². The number of nitrogens with one attached hydrogen (secondary N) is 1. The Morgan fingerprint density at radius 2 is 1.47 bits per heavy atom. The van der Waals surface area contributed by atoms with Crippen LogP contribution in [0.4, 0.5) is 5.69 Å². The van der Waals surface area contributed by atoms with E-state index >= 15 is 0 Å². The van der Waals surface area contributed by atoms with Gasteiger partial charge in [0.05, 0.1) is 17.2 Å². The molecule has 3 fully saturated rings. The predicted octanol–water partition coefficient (Wildman–Crippen LogP) is 7.11. The molecule has 2 aliphatic carbocycles. The Kier molecular flexibility index (Phi) is 9.86. The molecular weight excluding hydrogens is 751 g/mol. The Morgan fingerprint density at radius 3 is 2.13 bits per heavy atom. The van der Waals surface area contributed by atoms with E-state index in [2.05, 4.69) is 89.4 Å². The largest absolute Gasteiger partial charge is 0.508 e. The highest BCUT2D eigenvalue weighted by Crippen LogP contribution is 2.47. The van der Waals surface area contributed by atoms with Crippen LogP contribution >= 0.6 is 0 Å². The number of likely N-dealkylation sites (N-methyl/N-ethyl adjacent to an activating group) is 1.